The van der Waals surface area contributed by atoms with E-state index >= 15 is 0 Å². The van der Waals surface area contributed by atoms with Crippen LogP contribution >= 0.6 is 0 Å². The monoisotopic (exact) mass is 240 g/mol. The minimum absolute atomic E-state index is 0.223. The van der Waals surface area contributed by atoms with Crippen LogP contribution in [0.4, 0.5) is 0 Å². The molecule has 0 bridgehead atoms. The predicted octanol–water partition coefficient (Wildman–Crippen LogP) is 2.40. The van der Waals surface area contributed by atoms with E-state index in [2.05, 4.69) is 6.92 Å². The molecule has 3 unspecified atom stereocenters. The van der Waals surface area contributed by atoms with Crippen molar-refractivity contribution in [3.05, 3.63) is 0 Å². The molecule has 3 atom stereocenters. The number of carbonyl (C=O) groups is 1. The first-order chi connectivity index (χ1) is 7.96. The van der Waals surface area contributed by atoms with Crippen molar-refractivity contribution in [1.82, 2.24) is 4.90 Å². The number of amides is 1. The molecule has 0 aromatic rings. The van der Waals surface area contributed by atoms with Crippen molar-refractivity contribution in [2.45, 2.75) is 58.9 Å². The first-order valence-electron chi connectivity index (χ1n) is 6.93. The Kier molecular flexibility index (Phi) is 4.99. The maximum Gasteiger partial charge on any atom is 0.229 e. The second kappa shape index (κ2) is 5.85. The fourth-order valence-corrected chi connectivity index (χ4v) is 2.83. The van der Waals surface area contributed by atoms with E-state index in [1.165, 1.54) is 19.3 Å². The number of nitrogens with two attached hydrogens (primary N) is 1. The van der Waals surface area contributed by atoms with Gasteiger partial charge < -0.3 is 10.6 Å². The third-order valence-electron chi connectivity index (χ3n) is 4.63. The quantitative estimate of drug-likeness (QED) is 0.820. The molecule has 0 aliphatic heterocycles. The average molecular weight is 240 g/mol. The Morgan fingerprint density at radius 1 is 1.41 bits per heavy atom. The Morgan fingerprint density at radius 3 is 2.47 bits per heavy atom. The highest BCUT2D eigenvalue weighted by Crippen LogP contribution is 2.31. The number of nitrogens with zero attached hydrogens (tertiary/aromatic N) is 1. The number of carbonyl (C=O) groups excluding carboxylic acids is 1. The molecule has 3 heteroatoms. The summed E-state index contributed by atoms with van der Waals surface area (Å²) in [7, 11) is 1.96. The highest BCUT2D eigenvalue weighted by molar-refractivity contribution is 5.82. The molecule has 0 heterocycles. The summed E-state index contributed by atoms with van der Waals surface area (Å²) in [6.07, 6.45) is 5.76. The van der Waals surface area contributed by atoms with E-state index in [0.29, 0.717) is 18.5 Å². The fourth-order valence-electron chi connectivity index (χ4n) is 2.83. The van der Waals surface area contributed by atoms with E-state index in [4.69, 9.17) is 5.73 Å². The SMILES string of the molecule is CCC(C)(CN)C(=O)N(C)C1CCCCC1C. The van der Waals surface area contributed by atoms with Crippen molar-refractivity contribution in [3.63, 3.8) is 0 Å². The zero-order chi connectivity index (χ0) is 13.1. The average Bonchev–Trinajstić information content (AvgIpc) is 2.36. The molecule has 0 saturated heterocycles. The molecule has 0 aromatic heterocycles. The van der Waals surface area contributed by atoms with Gasteiger partial charge in [-0.3, -0.25) is 4.79 Å². The molecule has 1 amide bonds. The second-order valence-corrected chi connectivity index (χ2v) is 5.86. The molecule has 1 aliphatic carbocycles. The lowest BCUT2D eigenvalue weighted by molar-refractivity contribution is -0.143. The molecular weight excluding hydrogens is 212 g/mol. The van der Waals surface area contributed by atoms with Crippen LogP contribution in [0.2, 0.25) is 0 Å². The molecule has 1 fully saturated rings. The summed E-state index contributed by atoms with van der Waals surface area (Å²) in [4.78, 5) is 14.5. The molecular formula is C14H28N2O. The second-order valence-electron chi connectivity index (χ2n) is 5.86. The van der Waals surface area contributed by atoms with E-state index in [0.717, 1.165) is 12.8 Å². The Bertz CT molecular complexity index is 261. The molecule has 0 radical (unpaired) electrons. The third-order valence-corrected chi connectivity index (χ3v) is 4.63. The van der Waals surface area contributed by atoms with Gasteiger partial charge in [0.25, 0.3) is 0 Å². The van der Waals surface area contributed by atoms with Crippen molar-refractivity contribution < 1.29 is 4.79 Å². The smallest absolute Gasteiger partial charge is 0.229 e. The van der Waals surface area contributed by atoms with Crippen LogP contribution in [0.25, 0.3) is 0 Å². The Labute approximate surface area is 106 Å². The fraction of sp³-hybridized carbons (Fsp3) is 0.929. The summed E-state index contributed by atoms with van der Waals surface area (Å²) in [5, 5.41) is 0. The molecule has 3 nitrogen and oxygen atoms in total. The van der Waals surface area contributed by atoms with E-state index in [-0.39, 0.29) is 11.3 Å². The molecule has 1 aliphatic rings. The summed E-state index contributed by atoms with van der Waals surface area (Å²) >= 11 is 0. The van der Waals surface area contributed by atoms with Crippen molar-refractivity contribution in [1.29, 1.82) is 0 Å². The van der Waals surface area contributed by atoms with Crippen molar-refractivity contribution in [3.8, 4) is 0 Å². The van der Waals surface area contributed by atoms with Gasteiger partial charge in [-0.1, -0.05) is 26.7 Å². The summed E-state index contributed by atoms with van der Waals surface area (Å²) in [5.41, 5.74) is 5.39. The van der Waals surface area contributed by atoms with Crippen molar-refractivity contribution >= 4 is 5.91 Å². The number of hydrogen-bond acceptors (Lipinski definition) is 2. The van der Waals surface area contributed by atoms with Crippen LogP contribution in [-0.2, 0) is 4.79 Å². The molecule has 0 spiro atoms. The van der Waals surface area contributed by atoms with Gasteiger partial charge in [-0.15, -0.1) is 0 Å². The Hall–Kier alpha value is -0.570. The highest BCUT2D eigenvalue weighted by Gasteiger charge is 2.36. The van der Waals surface area contributed by atoms with Crippen LogP contribution < -0.4 is 5.73 Å². The zero-order valence-electron chi connectivity index (χ0n) is 11.8. The van der Waals surface area contributed by atoms with E-state index in [1.54, 1.807) is 0 Å². The largest absolute Gasteiger partial charge is 0.342 e. The maximum absolute atomic E-state index is 12.5. The molecule has 1 rings (SSSR count). The van der Waals surface area contributed by atoms with Gasteiger partial charge in [-0.05, 0) is 32.1 Å². The minimum atomic E-state index is -0.383. The van der Waals surface area contributed by atoms with E-state index < -0.39 is 0 Å². The zero-order valence-corrected chi connectivity index (χ0v) is 11.8. The summed E-state index contributed by atoms with van der Waals surface area (Å²) in [6, 6.07) is 0.411. The van der Waals surface area contributed by atoms with Gasteiger partial charge in [0.1, 0.15) is 0 Å². The predicted molar refractivity (Wildman–Crippen MR) is 71.6 cm³/mol. The molecule has 2 N–H and O–H groups in total. The van der Waals surface area contributed by atoms with Gasteiger partial charge in [0.15, 0.2) is 0 Å². The van der Waals surface area contributed by atoms with Crippen LogP contribution in [0.5, 0.6) is 0 Å². The molecule has 1 saturated carbocycles. The lowest BCUT2D eigenvalue weighted by Gasteiger charge is -2.40. The third kappa shape index (κ3) is 3.01. The molecule has 17 heavy (non-hydrogen) atoms. The van der Waals surface area contributed by atoms with Crippen LogP contribution in [0.1, 0.15) is 52.9 Å². The number of hydrogen-bond donors (Lipinski definition) is 1. The van der Waals surface area contributed by atoms with Gasteiger partial charge in [-0.25, -0.2) is 0 Å². The first-order valence-corrected chi connectivity index (χ1v) is 6.93. The van der Waals surface area contributed by atoms with Crippen molar-refractivity contribution in [2.24, 2.45) is 17.1 Å². The number of rotatable bonds is 4. The lowest BCUT2D eigenvalue weighted by atomic mass is 9.81. The lowest BCUT2D eigenvalue weighted by Crippen LogP contribution is -2.50. The van der Waals surface area contributed by atoms with Gasteiger partial charge in [0.2, 0.25) is 5.91 Å². The Morgan fingerprint density at radius 2 is 2.00 bits per heavy atom. The topological polar surface area (TPSA) is 46.3 Å². The van der Waals surface area contributed by atoms with Gasteiger partial charge >= 0.3 is 0 Å². The first kappa shape index (κ1) is 14.5. The standard InChI is InChI=1S/C14H28N2O/c1-5-14(3,10-15)13(17)16(4)12-9-7-6-8-11(12)2/h11-12H,5-10,15H2,1-4H3. The van der Waals surface area contributed by atoms with Crippen LogP contribution in [0, 0.1) is 11.3 Å². The van der Waals surface area contributed by atoms with Crippen molar-refractivity contribution in [2.75, 3.05) is 13.6 Å². The normalized spacial score (nSPS) is 28.5. The molecule has 0 aromatic carbocycles. The summed E-state index contributed by atoms with van der Waals surface area (Å²) < 4.78 is 0. The Balaban J connectivity index is 2.74. The van der Waals surface area contributed by atoms with Gasteiger partial charge in [0, 0.05) is 19.6 Å². The molecule has 100 valence electrons. The van der Waals surface area contributed by atoms with Crippen LogP contribution in [0.3, 0.4) is 0 Å². The summed E-state index contributed by atoms with van der Waals surface area (Å²) in [6.45, 7) is 6.73. The van der Waals surface area contributed by atoms with E-state index in [1.807, 2.05) is 25.8 Å². The van der Waals surface area contributed by atoms with Gasteiger partial charge in [0.05, 0.1) is 5.41 Å². The summed E-state index contributed by atoms with van der Waals surface area (Å²) in [5.74, 6) is 0.845. The highest BCUT2D eigenvalue weighted by atomic mass is 16.2. The maximum atomic E-state index is 12.5. The van der Waals surface area contributed by atoms with Crippen LogP contribution in [-0.4, -0.2) is 30.4 Å². The minimum Gasteiger partial charge on any atom is -0.342 e. The van der Waals surface area contributed by atoms with E-state index in [9.17, 15) is 4.79 Å². The van der Waals surface area contributed by atoms with Gasteiger partial charge in [-0.2, -0.15) is 0 Å². The van der Waals surface area contributed by atoms with Crippen LogP contribution in [0.15, 0.2) is 0 Å².